The van der Waals surface area contributed by atoms with Crippen LogP contribution in [-0.2, 0) is 10.5 Å². The van der Waals surface area contributed by atoms with Crippen molar-refractivity contribution in [3.63, 3.8) is 0 Å². The minimum atomic E-state index is -0.396. The van der Waals surface area contributed by atoms with Crippen LogP contribution in [0.25, 0.3) is 0 Å². The Labute approximate surface area is 166 Å². The lowest BCUT2D eigenvalue weighted by molar-refractivity contribution is -0.119. The maximum absolute atomic E-state index is 12.0. The van der Waals surface area contributed by atoms with Crippen molar-refractivity contribution < 1.29 is 14.3 Å². The predicted molar refractivity (Wildman–Crippen MR) is 106 cm³/mol. The molecule has 8 heteroatoms. The number of carbonyl (C=O) groups is 2. The van der Waals surface area contributed by atoms with Crippen LogP contribution in [0.2, 0.25) is 10.0 Å². The van der Waals surface area contributed by atoms with Crippen LogP contribution in [0.3, 0.4) is 0 Å². The zero-order chi connectivity index (χ0) is 18.9. The highest BCUT2D eigenvalue weighted by atomic mass is 35.5. The van der Waals surface area contributed by atoms with E-state index in [-0.39, 0.29) is 11.7 Å². The molecular formula is C18H18Cl2N2O3S. The Bertz CT molecular complexity index is 770. The third-order valence-corrected chi connectivity index (χ3v) is 4.82. The molecule has 138 valence electrons. The fourth-order valence-electron chi connectivity index (χ4n) is 2.00. The summed E-state index contributed by atoms with van der Waals surface area (Å²) in [5.41, 5.74) is 6.09. The van der Waals surface area contributed by atoms with Crippen LogP contribution in [-0.4, -0.2) is 24.2 Å². The highest BCUT2D eigenvalue weighted by Gasteiger charge is 2.08. The third-order valence-electron chi connectivity index (χ3n) is 3.25. The van der Waals surface area contributed by atoms with E-state index in [0.717, 1.165) is 5.56 Å². The largest absolute Gasteiger partial charge is 0.494 e. The average molecular weight is 413 g/mol. The van der Waals surface area contributed by atoms with Gasteiger partial charge < -0.3 is 4.74 Å². The molecular weight excluding hydrogens is 395 g/mol. The number of rotatable bonds is 7. The molecule has 0 heterocycles. The Balaban J connectivity index is 1.73. The first kappa shape index (κ1) is 20.4. The molecule has 0 aliphatic carbocycles. The van der Waals surface area contributed by atoms with Gasteiger partial charge in [0, 0.05) is 21.4 Å². The summed E-state index contributed by atoms with van der Waals surface area (Å²) in [4.78, 5) is 23.8. The van der Waals surface area contributed by atoms with E-state index in [0.29, 0.717) is 33.7 Å². The Morgan fingerprint density at radius 2 is 1.81 bits per heavy atom. The second-order valence-electron chi connectivity index (χ2n) is 5.19. The Morgan fingerprint density at radius 3 is 2.46 bits per heavy atom. The first-order valence-electron chi connectivity index (χ1n) is 7.83. The molecule has 5 nitrogen and oxygen atoms in total. The molecule has 26 heavy (non-hydrogen) atoms. The van der Waals surface area contributed by atoms with E-state index in [4.69, 9.17) is 27.9 Å². The summed E-state index contributed by atoms with van der Waals surface area (Å²) in [6.07, 6.45) is 0. The van der Waals surface area contributed by atoms with Crippen molar-refractivity contribution in [3.05, 3.63) is 63.6 Å². The highest BCUT2D eigenvalue weighted by Crippen LogP contribution is 2.24. The third kappa shape index (κ3) is 6.44. The van der Waals surface area contributed by atoms with Gasteiger partial charge in [0.1, 0.15) is 5.75 Å². The van der Waals surface area contributed by atoms with Crippen LogP contribution in [0.1, 0.15) is 22.8 Å². The molecule has 0 aliphatic heterocycles. The maximum atomic E-state index is 12.0. The van der Waals surface area contributed by atoms with Gasteiger partial charge in [-0.2, -0.15) is 0 Å². The van der Waals surface area contributed by atoms with Crippen molar-refractivity contribution in [1.29, 1.82) is 0 Å². The monoisotopic (exact) mass is 412 g/mol. The van der Waals surface area contributed by atoms with Crippen molar-refractivity contribution in [2.45, 2.75) is 12.7 Å². The number of halogens is 2. The van der Waals surface area contributed by atoms with E-state index in [1.54, 1.807) is 36.4 Å². The number of thioether (sulfide) groups is 1. The molecule has 0 unspecified atom stereocenters. The van der Waals surface area contributed by atoms with Gasteiger partial charge >= 0.3 is 0 Å². The van der Waals surface area contributed by atoms with Gasteiger partial charge in [0.15, 0.2) is 0 Å². The zero-order valence-corrected chi connectivity index (χ0v) is 16.4. The number of amides is 2. The highest BCUT2D eigenvalue weighted by molar-refractivity contribution is 7.99. The summed E-state index contributed by atoms with van der Waals surface area (Å²) in [7, 11) is 0. The number of benzene rings is 2. The van der Waals surface area contributed by atoms with Crippen LogP contribution < -0.4 is 15.6 Å². The summed E-state index contributed by atoms with van der Waals surface area (Å²) in [6.45, 7) is 2.44. The molecule has 0 atom stereocenters. The van der Waals surface area contributed by atoms with E-state index in [2.05, 4.69) is 10.9 Å². The molecule has 0 aromatic heterocycles. The lowest BCUT2D eigenvalue weighted by Crippen LogP contribution is -2.42. The molecule has 0 fully saturated rings. The smallest absolute Gasteiger partial charge is 0.269 e. The van der Waals surface area contributed by atoms with Gasteiger partial charge in [-0.15, -0.1) is 11.8 Å². The van der Waals surface area contributed by atoms with Crippen molar-refractivity contribution in [1.82, 2.24) is 10.9 Å². The van der Waals surface area contributed by atoms with Gasteiger partial charge in [-0.3, -0.25) is 20.4 Å². The molecule has 0 aliphatic rings. The molecule has 0 radical (unpaired) electrons. The lowest BCUT2D eigenvalue weighted by Gasteiger charge is -2.09. The van der Waals surface area contributed by atoms with Crippen LogP contribution in [0, 0.1) is 0 Å². The van der Waals surface area contributed by atoms with Gasteiger partial charge in [-0.05, 0) is 48.9 Å². The fourth-order valence-corrected chi connectivity index (χ4v) is 3.38. The second-order valence-corrected chi connectivity index (χ2v) is 7.02. The lowest BCUT2D eigenvalue weighted by atomic mass is 10.2. The Morgan fingerprint density at radius 1 is 1.08 bits per heavy atom. The minimum Gasteiger partial charge on any atom is -0.494 e. The van der Waals surface area contributed by atoms with E-state index in [1.807, 2.05) is 13.0 Å². The van der Waals surface area contributed by atoms with Gasteiger partial charge in [-0.25, -0.2) is 0 Å². The van der Waals surface area contributed by atoms with Crippen molar-refractivity contribution >= 4 is 46.8 Å². The topological polar surface area (TPSA) is 67.4 Å². The first-order chi connectivity index (χ1) is 12.5. The second kappa shape index (κ2) is 10.3. The van der Waals surface area contributed by atoms with Crippen molar-refractivity contribution in [3.8, 4) is 5.75 Å². The van der Waals surface area contributed by atoms with Crippen LogP contribution in [0.4, 0.5) is 0 Å². The normalized spacial score (nSPS) is 10.3. The summed E-state index contributed by atoms with van der Waals surface area (Å²) < 4.78 is 5.31. The molecule has 0 saturated carbocycles. The Hall–Kier alpha value is -1.89. The van der Waals surface area contributed by atoms with E-state index < -0.39 is 5.91 Å². The number of carbonyl (C=O) groups excluding carboxylic acids is 2. The molecule has 2 rings (SSSR count). The summed E-state index contributed by atoms with van der Waals surface area (Å²) in [6, 6.07) is 11.9. The van der Waals surface area contributed by atoms with Gasteiger partial charge in [-0.1, -0.05) is 29.3 Å². The number of nitrogens with one attached hydrogen (secondary N) is 2. The van der Waals surface area contributed by atoms with Gasteiger partial charge in [0.25, 0.3) is 5.91 Å². The molecule has 2 amide bonds. The molecule has 2 aromatic rings. The molecule has 0 spiro atoms. The number of ether oxygens (including phenoxy) is 1. The van der Waals surface area contributed by atoms with Gasteiger partial charge in [0.2, 0.25) is 5.91 Å². The molecule has 0 saturated heterocycles. The summed E-state index contributed by atoms with van der Waals surface area (Å²) >= 11 is 13.3. The quantitative estimate of drug-likeness (QED) is 0.672. The summed E-state index contributed by atoms with van der Waals surface area (Å²) in [5.74, 6) is 0.732. The summed E-state index contributed by atoms with van der Waals surface area (Å²) in [5, 5.41) is 1.13. The van der Waals surface area contributed by atoms with E-state index >= 15 is 0 Å². The minimum absolute atomic E-state index is 0.183. The van der Waals surface area contributed by atoms with E-state index in [1.165, 1.54) is 11.8 Å². The maximum Gasteiger partial charge on any atom is 0.269 e. The van der Waals surface area contributed by atoms with Crippen molar-refractivity contribution in [2.24, 2.45) is 0 Å². The molecule has 0 bridgehead atoms. The standard InChI is InChI=1S/C18H18Cl2N2O3S/c1-2-25-15-7-4-12(5-8-15)18(24)22-21-17(23)11-26-10-13-3-6-14(19)9-16(13)20/h3-9H,2,10-11H2,1H3,(H,21,23)(H,22,24). The molecule has 2 N–H and O–H groups in total. The molecule has 2 aromatic carbocycles. The van der Waals surface area contributed by atoms with Crippen LogP contribution in [0.15, 0.2) is 42.5 Å². The Kier molecular flexibility index (Phi) is 8.09. The zero-order valence-electron chi connectivity index (χ0n) is 14.1. The van der Waals surface area contributed by atoms with Crippen LogP contribution >= 0.6 is 35.0 Å². The van der Waals surface area contributed by atoms with E-state index in [9.17, 15) is 9.59 Å². The number of hydrogen-bond donors (Lipinski definition) is 2. The fraction of sp³-hybridized carbons (Fsp3) is 0.222. The van der Waals surface area contributed by atoms with Gasteiger partial charge in [0.05, 0.1) is 12.4 Å². The first-order valence-corrected chi connectivity index (χ1v) is 9.74. The number of hydrogen-bond acceptors (Lipinski definition) is 4. The SMILES string of the molecule is CCOc1ccc(C(=O)NNC(=O)CSCc2ccc(Cl)cc2Cl)cc1. The predicted octanol–water partition coefficient (Wildman–Crippen LogP) is 4.09. The number of hydrazine groups is 1. The van der Waals surface area contributed by atoms with Crippen molar-refractivity contribution in [2.75, 3.05) is 12.4 Å². The average Bonchev–Trinajstić information content (AvgIpc) is 2.62. The van der Waals surface area contributed by atoms with Crippen LogP contribution in [0.5, 0.6) is 5.75 Å².